The molecule has 3 heterocycles. The molecular formula is C16H14FN3O3S. The van der Waals surface area contributed by atoms with E-state index in [2.05, 4.69) is 10.1 Å². The number of benzene rings is 1. The van der Waals surface area contributed by atoms with E-state index in [1.807, 2.05) is 6.92 Å². The smallest absolute Gasteiger partial charge is 0.265 e. The van der Waals surface area contributed by atoms with Crippen molar-refractivity contribution in [3.63, 3.8) is 0 Å². The number of morpholine rings is 1. The highest BCUT2D eigenvalue weighted by Gasteiger charge is 2.33. The van der Waals surface area contributed by atoms with Crippen molar-refractivity contribution in [3.05, 3.63) is 46.7 Å². The van der Waals surface area contributed by atoms with Crippen molar-refractivity contribution in [2.75, 3.05) is 19.8 Å². The van der Waals surface area contributed by atoms with Gasteiger partial charge in [-0.1, -0.05) is 5.16 Å². The molecule has 0 bridgehead atoms. The first-order chi connectivity index (χ1) is 11.6. The number of aryl methyl sites for hydroxylation is 1. The fourth-order valence-corrected chi connectivity index (χ4v) is 4.06. The number of halogens is 1. The number of ether oxygens (including phenoxy) is 1. The Labute approximate surface area is 140 Å². The number of fused-ring (bicyclic) bond motifs is 1. The highest BCUT2D eigenvalue weighted by Crippen LogP contribution is 2.34. The first kappa shape index (κ1) is 15.2. The lowest BCUT2D eigenvalue weighted by Gasteiger charge is -2.33. The highest BCUT2D eigenvalue weighted by molar-refractivity contribution is 7.21. The number of rotatable bonds is 2. The van der Waals surface area contributed by atoms with Crippen LogP contribution < -0.4 is 0 Å². The molecule has 1 amide bonds. The zero-order valence-electron chi connectivity index (χ0n) is 12.9. The lowest BCUT2D eigenvalue weighted by Crippen LogP contribution is -2.43. The zero-order valence-corrected chi connectivity index (χ0v) is 13.7. The summed E-state index contributed by atoms with van der Waals surface area (Å²) in [5.41, 5.74) is 0.790. The van der Waals surface area contributed by atoms with Crippen LogP contribution in [0.5, 0.6) is 0 Å². The van der Waals surface area contributed by atoms with Crippen LogP contribution in [0, 0.1) is 12.7 Å². The minimum Gasteiger partial charge on any atom is -0.377 e. The van der Waals surface area contributed by atoms with Crippen molar-refractivity contribution in [1.29, 1.82) is 0 Å². The van der Waals surface area contributed by atoms with Gasteiger partial charge in [-0.2, -0.15) is 4.98 Å². The summed E-state index contributed by atoms with van der Waals surface area (Å²) >= 11 is 1.37. The van der Waals surface area contributed by atoms with Crippen LogP contribution in [0.2, 0.25) is 0 Å². The second-order valence-electron chi connectivity index (χ2n) is 5.58. The van der Waals surface area contributed by atoms with Gasteiger partial charge in [0.15, 0.2) is 5.82 Å². The van der Waals surface area contributed by atoms with Crippen LogP contribution in [0.3, 0.4) is 0 Å². The number of carbonyl (C=O) groups is 1. The van der Waals surface area contributed by atoms with Gasteiger partial charge in [0.1, 0.15) is 11.9 Å². The van der Waals surface area contributed by atoms with Crippen molar-refractivity contribution >= 4 is 27.3 Å². The molecule has 0 aliphatic carbocycles. The van der Waals surface area contributed by atoms with E-state index in [4.69, 9.17) is 9.26 Å². The molecule has 1 atom stereocenters. The lowest BCUT2D eigenvalue weighted by molar-refractivity contribution is -0.00554. The van der Waals surface area contributed by atoms with Crippen molar-refractivity contribution in [3.8, 4) is 0 Å². The molecule has 1 aromatic carbocycles. The Bertz CT molecular complexity index is 893. The first-order valence-corrected chi connectivity index (χ1v) is 8.30. The van der Waals surface area contributed by atoms with E-state index in [0.717, 1.165) is 15.6 Å². The predicted octanol–water partition coefficient (Wildman–Crippen LogP) is 2.95. The molecule has 4 rings (SSSR count). The summed E-state index contributed by atoms with van der Waals surface area (Å²) in [5.74, 6) is -0.00138. The lowest BCUT2D eigenvalue weighted by atomic mass is 10.1. The SMILES string of the molecule is Cc1c(C(=O)N2CCOCC2c2ncon2)sc2ccc(F)cc12. The number of thiophene rings is 1. The maximum Gasteiger partial charge on any atom is 0.265 e. The predicted molar refractivity (Wildman–Crippen MR) is 85.4 cm³/mol. The summed E-state index contributed by atoms with van der Waals surface area (Å²) in [6.07, 6.45) is 1.24. The minimum absolute atomic E-state index is 0.118. The number of aromatic nitrogens is 2. The Morgan fingerprint density at radius 1 is 1.46 bits per heavy atom. The summed E-state index contributed by atoms with van der Waals surface area (Å²) in [6.45, 7) is 3.07. The highest BCUT2D eigenvalue weighted by atomic mass is 32.1. The standard InChI is InChI=1S/C16H14FN3O3S/c1-9-11-6-10(17)2-3-13(11)24-14(9)16(21)20-4-5-22-7-12(20)15-18-8-23-19-15/h2-3,6,8,12H,4-5,7H2,1H3. The Kier molecular flexibility index (Phi) is 3.78. The van der Waals surface area contributed by atoms with Gasteiger partial charge in [-0.15, -0.1) is 11.3 Å². The second-order valence-corrected chi connectivity index (χ2v) is 6.63. The minimum atomic E-state index is -0.383. The molecule has 0 radical (unpaired) electrons. The van der Waals surface area contributed by atoms with Gasteiger partial charge in [-0.3, -0.25) is 4.79 Å². The molecule has 1 aliphatic rings. The molecule has 8 heteroatoms. The molecule has 0 N–H and O–H groups in total. The fraction of sp³-hybridized carbons (Fsp3) is 0.312. The number of hydrogen-bond donors (Lipinski definition) is 0. The third-order valence-electron chi connectivity index (χ3n) is 4.16. The Hall–Kier alpha value is -2.32. The largest absolute Gasteiger partial charge is 0.377 e. The average molecular weight is 347 g/mol. The van der Waals surface area contributed by atoms with Crippen molar-refractivity contribution in [2.24, 2.45) is 0 Å². The van der Waals surface area contributed by atoms with Crippen molar-refractivity contribution in [1.82, 2.24) is 15.0 Å². The summed E-state index contributed by atoms with van der Waals surface area (Å²) in [4.78, 5) is 19.4. The molecule has 24 heavy (non-hydrogen) atoms. The molecule has 1 unspecified atom stereocenters. The zero-order chi connectivity index (χ0) is 16.7. The molecule has 1 saturated heterocycles. The fourth-order valence-electron chi connectivity index (χ4n) is 2.91. The van der Waals surface area contributed by atoms with Gasteiger partial charge in [0.2, 0.25) is 6.39 Å². The Morgan fingerprint density at radius 2 is 2.33 bits per heavy atom. The van der Waals surface area contributed by atoms with Gasteiger partial charge in [-0.25, -0.2) is 4.39 Å². The van der Waals surface area contributed by atoms with Crippen LogP contribution in [0.15, 0.2) is 29.1 Å². The molecule has 124 valence electrons. The first-order valence-electron chi connectivity index (χ1n) is 7.49. The van der Waals surface area contributed by atoms with Gasteiger partial charge < -0.3 is 14.2 Å². The summed E-state index contributed by atoms with van der Waals surface area (Å²) in [5, 5.41) is 4.61. The van der Waals surface area contributed by atoms with E-state index in [1.165, 1.54) is 29.9 Å². The molecule has 3 aromatic rings. The van der Waals surface area contributed by atoms with E-state index in [9.17, 15) is 9.18 Å². The van der Waals surface area contributed by atoms with Crippen LogP contribution in [-0.4, -0.2) is 40.7 Å². The monoisotopic (exact) mass is 347 g/mol. The second kappa shape index (κ2) is 5.95. The van der Waals surface area contributed by atoms with Gasteiger partial charge in [-0.05, 0) is 36.1 Å². The van der Waals surface area contributed by atoms with Crippen LogP contribution in [0.1, 0.15) is 27.1 Å². The molecule has 2 aromatic heterocycles. The van der Waals surface area contributed by atoms with Gasteiger partial charge in [0, 0.05) is 11.2 Å². The molecule has 0 saturated carbocycles. The van der Waals surface area contributed by atoms with Crippen molar-refractivity contribution < 1.29 is 18.4 Å². The van der Waals surface area contributed by atoms with Crippen LogP contribution in [0.25, 0.3) is 10.1 Å². The molecule has 0 spiro atoms. The summed E-state index contributed by atoms with van der Waals surface area (Å²) < 4.78 is 24.6. The van der Waals surface area contributed by atoms with Gasteiger partial charge >= 0.3 is 0 Å². The third-order valence-corrected chi connectivity index (χ3v) is 5.42. The van der Waals surface area contributed by atoms with Crippen molar-refractivity contribution in [2.45, 2.75) is 13.0 Å². The quantitative estimate of drug-likeness (QED) is 0.713. The van der Waals surface area contributed by atoms with E-state index in [-0.39, 0.29) is 17.8 Å². The topological polar surface area (TPSA) is 68.5 Å². The van der Waals surface area contributed by atoms with Gasteiger partial charge in [0.25, 0.3) is 5.91 Å². The van der Waals surface area contributed by atoms with Crippen LogP contribution in [0.4, 0.5) is 4.39 Å². The number of amides is 1. The maximum atomic E-state index is 13.5. The third kappa shape index (κ3) is 2.47. The average Bonchev–Trinajstić information content (AvgIpc) is 3.23. The van der Waals surface area contributed by atoms with E-state index in [0.29, 0.717) is 30.5 Å². The van der Waals surface area contributed by atoms with E-state index in [1.54, 1.807) is 11.0 Å². The van der Waals surface area contributed by atoms with E-state index >= 15 is 0 Å². The van der Waals surface area contributed by atoms with E-state index < -0.39 is 0 Å². The van der Waals surface area contributed by atoms with Crippen LogP contribution in [-0.2, 0) is 4.74 Å². The molecule has 6 nitrogen and oxygen atoms in total. The maximum absolute atomic E-state index is 13.5. The number of nitrogens with zero attached hydrogens (tertiary/aromatic N) is 3. The Morgan fingerprint density at radius 3 is 3.12 bits per heavy atom. The molecule has 1 aliphatic heterocycles. The number of carbonyl (C=O) groups excluding carboxylic acids is 1. The normalized spacial score (nSPS) is 18.2. The van der Waals surface area contributed by atoms with Crippen LogP contribution >= 0.6 is 11.3 Å². The van der Waals surface area contributed by atoms with Gasteiger partial charge in [0.05, 0.1) is 18.1 Å². The summed E-state index contributed by atoms with van der Waals surface area (Å²) in [6, 6.07) is 4.19. The molecule has 1 fully saturated rings. The Balaban J connectivity index is 1.73. The summed E-state index contributed by atoms with van der Waals surface area (Å²) in [7, 11) is 0. The molecular weight excluding hydrogens is 333 g/mol. The number of hydrogen-bond acceptors (Lipinski definition) is 6.